The number of rotatable bonds is 5. The zero-order valence-corrected chi connectivity index (χ0v) is 9.86. The molecule has 1 heteroatoms. The van der Waals surface area contributed by atoms with E-state index in [0.717, 1.165) is 5.92 Å². The van der Waals surface area contributed by atoms with Crippen LogP contribution in [0, 0.1) is 17.8 Å². The normalized spacial score (nSPS) is 17.0. The van der Waals surface area contributed by atoms with Crippen molar-refractivity contribution in [3.8, 4) is 0 Å². The summed E-state index contributed by atoms with van der Waals surface area (Å²) < 4.78 is 0. The predicted octanol–water partition coefficient (Wildman–Crippen LogP) is 4.32. The molecule has 0 aliphatic heterocycles. The second-order valence-electron chi connectivity index (χ2n) is 4.64. The van der Waals surface area contributed by atoms with Gasteiger partial charge in [0.2, 0.25) is 0 Å². The summed E-state index contributed by atoms with van der Waals surface area (Å²) in [6, 6.07) is 0. The Kier molecular flexibility index (Phi) is 6.00. The molecule has 12 heavy (non-hydrogen) atoms. The minimum absolute atomic E-state index is 0.351. The van der Waals surface area contributed by atoms with Crippen molar-refractivity contribution in [3.63, 3.8) is 0 Å². The van der Waals surface area contributed by atoms with E-state index in [0.29, 0.717) is 17.2 Å². The largest absolute Gasteiger partial charge is 0.122 e. The van der Waals surface area contributed by atoms with Crippen LogP contribution in [0.25, 0.3) is 0 Å². The third kappa shape index (κ3) is 5.03. The molecular formula is C11H23Cl. The highest BCUT2D eigenvalue weighted by molar-refractivity contribution is 6.20. The third-order valence-corrected chi connectivity index (χ3v) is 3.31. The van der Waals surface area contributed by atoms with E-state index in [1.807, 2.05) is 0 Å². The van der Waals surface area contributed by atoms with Crippen LogP contribution >= 0.6 is 11.6 Å². The van der Waals surface area contributed by atoms with Crippen molar-refractivity contribution in [2.75, 3.05) is 0 Å². The lowest BCUT2D eigenvalue weighted by Crippen LogP contribution is -2.18. The lowest BCUT2D eigenvalue weighted by atomic mass is 9.91. The number of halogens is 1. The molecule has 0 rings (SSSR count). The van der Waals surface area contributed by atoms with E-state index in [9.17, 15) is 0 Å². The summed E-state index contributed by atoms with van der Waals surface area (Å²) in [7, 11) is 0. The lowest BCUT2D eigenvalue weighted by molar-refractivity contribution is 0.388. The van der Waals surface area contributed by atoms with Crippen LogP contribution in [0.15, 0.2) is 0 Å². The Balaban J connectivity index is 3.64. The average Bonchev–Trinajstić information content (AvgIpc) is 1.98. The van der Waals surface area contributed by atoms with Crippen molar-refractivity contribution in [1.29, 1.82) is 0 Å². The Hall–Kier alpha value is 0.290. The van der Waals surface area contributed by atoms with Gasteiger partial charge in [-0.2, -0.15) is 0 Å². The average molecular weight is 191 g/mol. The van der Waals surface area contributed by atoms with E-state index in [2.05, 4.69) is 34.6 Å². The molecule has 0 aromatic rings. The van der Waals surface area contributed by atoms with Gasteiger partial charge < -0.3 is 0 Å². The summed E-state index contributed by atoms with van der Waals surface area (Å²) in [6.07, 6.45) is 2.57. The molecule has 74 valence electrons. The summed E-state index contributed by atoms with van der Waals surface area (Å²) in [6.45, 7) is 11.2. The van der Waals surface area contributed by atoms with Crippen LogP contribution < -0.4 is 0 Å². The Morgan fingerprint density at radius 1 is 0.917 bits per heavy atom. The first-order chi connectivity index (χ1) is 5.45. The zero-order valence-electron chi connectivity index (χ0n) is 9.10. The quantitative estimate of drug-likeness (QED) is 0.567. The van der Waals surface area contributed by atoms with Crippen molar-refractivity contribution in [1.82, 2.24) is 0 Å². The summed E-state index contributed by atoms with van der Waals surface area (Å²) in [4.78, 5) is 0. The molecule has 0 amide bonds. The third-order valence-electron chi connectivity index (χ3n) is 2.38. The lowest BCUT2D eigenvalue weighted by Gasteiger charge is -2.21. The number of hydrogen-bond acceptors (Lipinski definition) is 0. The molecule has 0 aromatic carbocycles. The molecule has 0 fully saturated rings. The highest BCUT2D eigenvalue weighted by atomic mass is 35.5. The zero-order chi connectivity index (χ0) is 9.72. The maximum Gasteiger partial charge on any atom is 0.0384 e. The van der Waals surface area contributed by atoms with Crippen LogP contribution in [-0.2, 0) is 0 Å². The Bertz CT molecular complexity index is 108. The maximum atomic E-state index is 6.25. The molecular weight excluding hydrogens is 168 g/mol. The van der Waals surface area contributed by atoms with E-state index < -0.39 is 0 Å². The second kappa shape index (κ2) is 5.85. The number of hydrogen-bond donors (Lipinski definition) is 0. The van der Waals surface area contributed by atoms with Crippen LogP contribution in [0.2, 0.25) is 0 Å². The molecule has 2 atom stereocenters. The minimum atomic E-state index is 0.351. The standard InChI is InChI=1S/C11H23Cl/c1-8(2)6-7-10(5)11(12)9(3)4/h8-11H,6-7H2,1-5H3. The van der Waals surface area contributed by atoms with Gasteiger partial charge in [0.15, 0.2) is 0 Å². The molecule has 0 aromatic heterocycles. The van der Waals surface area contributed by atoms with E-state index >= 15 is 0 Å². The molecule has 0 heterocycles. The highest BCUT2D eigenvalue weighted by Crippen LogP contribution is 2.24. The first kappa shape index (κ1) is 12.3. The first-order valence-corrected chi connectivity index (χ1v) is 5.52. The van der Waals surface area contributed by atoms with Gasteiger partial charge in [-0.25, -0.2) is 0 Å². The van der Waals surface area contributed by atoms with Gasteiger partial charge in [0.1, 0.15) is 0 Å². The van der Waals surface area contributed by atoms with Crippen LogP contribution in [0.3, 0.4) is 0 Å². The Labute approximate surface area is 82.7 Å². The molecule has 0 aliphatic rings. The van der Waals surface area contributed by atoms with Crippen LogP contribution in [0.5, 0.6) is 0 Å². The molecule has 0 N–H and O–H groups in total. The molecule has 0 bridgehead atoms. The second-order valence-corrected chi connectivity index (χ2v) is 5.14. The molecule has 0 saturated carbocycles. The fourth-order valence-corrected chi connectivity index (χ4v) is 1.54. The smallest absolute Gasteiger partial charge is 0.0384 e. The Morgan fingerprint density at radius 3 is 1.75 bits per heavy atom. The van der Waals surface area contributed by atoms with Gasteiger partial charge >= 0.3 is 0 Å². The highest BCUT2D eigenvalue weighted by Gasteiger charge is 2.17. The fraction of sp³-hybridized carbons (Fsp3) is 1.00. The fourth-order valence-electron chi connectivity index (χ4n) is 1.41. The van der Waals surface area contributed by atoms with Gasteiger partial charge in [0, 0.05) is 5.38 Å². The predicted molar refractivity (Wildman–Crippen MR) is 57.7 cm³/mol. The van der Waals surface area contributed by atoms with Gasteiger partial charge in [-0.3, -0.25) is 0 Å². The van der Waals surface area contributed by atoms with Crippen LogP contribution in [0.1, 0.15) is 47.5 Å². The van der Waals surface area contributed by atoms with Gasteiger partial charge in [-0.05, 0) is 24.2 Å². The monoisotopic (exact) mass is 190 g/mol. The summed E-state index contributed by atoms with van der Waals surface area (Å²) in [5.41, 5.74) is 0. The van der Waals surface area contributed by atoms with E-state index in [4.69, 9.17) is 11.6 Å². The minimum Gasteiger partial charge on any atom is -0.122 e. The van der Waals surface area contributed by atoms with Crippen molar-refractivity contribution < 1.29 is 0 Å². The summed E-state index contributed by atoms with van der Waals surface area (Å²) in [5.74, 6) is 2.08. The number of alkyl halides is 1. The van der Waals surface area contributed by atoms with Gasteiger partial charge in [0.05, 0.1) is 0 Å². The van der Waals surface area contributed by atoms with Gasteiger partial charge in [-0.15, -0.1) is 11.6 Å². The van der Waals surface area contributed by atoms with Crippen molar-refractivity contribution in [3.05, 3.63) is 0 Å². The maximum absolute atomic E-state index is 6.25. The topological polar surface area (TPSA) is 0 Å². The molecule has 0 saturated heterocycles. The summed E-state index contributed by atoms with van der Waals surface area (Å²) in [5, 5.41) is 0.351. The Morgan fingerprint density at radius 2 is 1.42 bits per heavy atom. The van der Waals surface area contributed by atoms with Gasteiger partial charge in [-0.1, -0.05) is 41.0 Å². The summed E-state index contributed by atoms with van der Waals surface area (Å²) >= 11 is 6.25. The van der Waals surface area contributed by atoms with Gasteiger partial charge in [0.25, 0.3) is 0 Å². The molecule has 2 unspecified atom stereocenters. The molecule has 0 aliphatic carbocycles. The first-order valence-electron chi connectivity index (χ1n) is 5.09. The van der Waals surface area contributed by atoms with Crippen LogP contribution in [-0.4, -0.2) is 5.38 Å². The van der Waals surface area contributed by atoms with Crippen molar-refractivity contribution >= 4 is 11.6 Å². The van der Waals surface area contributed by atoms with Crippen molar-refractivity contribution in [2.24, 2.45) is 17.8 Å². The van der Waals surface area contributed by atoms with E-state index in [-0.39, 0.29) is 0 Å². The van der Waals surface area contributed by atoms with E-state index in [1.165, 1.54) is 12.8 Å². The SMILES string of the molecule is CC(C)CCC(C)C(Cl)C(C)C. The molecule has 0 spiro atoms. The molecule has 0 nitrogen and oxygen atoms in total. The molecule has 0 radical (unpaired) electrons. The van der Waals surface area contributed by atoms with Crippen LogP contribution in [0.4, 0.5) is 0 Å². The van der Waals surface area contributed by atoms with E-state index in [1.54, 1.807) is 0 Å². The van der Waals surface area contributed by atoms with Crippen molar-refractivity contribution in [2.45, 2.75) is 52.8 Å².